The SMILES string of the molecule is NCCN(CCN)CCc1ccccn1. The fraction of sp³-hybridized carbons (Fsp3) is 0.545. The van der Waals surface area contributed by atoms with Gasteiger partial charge in [-0.3, -0.25) is 4.98 Å². The zero-order valence-electron chi connectivity index (χ0n) is 9.10. The van der Waals surface area contributed by atoms with Gasteiger partial charge in [-0.05, 0) is 12.1 Å². The van der Waals surface area contributed by atoms with E-state index in [1.165, 1.54) is 0 Å². The van der Waals surface area contributed by atoms with E-state index in [2.05, 4.69) is 9.88 Å². The average Bonchev–Trinajstić information content (AvgIpc) is 2.28. The molecule has 0 fully saturated rings. The summed E-state index contributed by atoms with van der Waals surface area (Å²) in [7, 11) is 0. The van der Waals surface area contributed by atoms with Crippen LogP contribution in [0.25, 0.3) is 0 Å². The molecule has 0 aliphatic heterocycles. The van der Waals surface area contributed by atoms with Crippen LogP contribution in [0.1, 0.15) is 5.69 Å². The maximum absolute atomic E-state index is 5.53. The lowest BCUT2D eigenvalue weighted by Crippen LogP contribution is -2.35. The molecule has 1 aromatic heterocycles. The van der Waals surface area contributed by atoms with Crippen LogP contribution in [0.3, 0.4) is 0 Å². The van der Waals surface area contributed by atoms with Crippen LogP contribution in [0.5, 0.6) is 0 Å². The van der Waals surface area contributed by atoms with Crippen LogP contribution in [0, 0.1) is 0 Å². The molecular weight excluding hydrogens is 188 g/mol. The zero-order valence-corrected chi connectivity index (χ0v) is 9.10. The summed E-state index contributed by atoms with van der Waals surface area (Å²) in [6.07, 6.45) is 2.78. The third kappa shape index (κ3) is 4.88. The van der Waals surface area contributed by atoms with Crippen molar-refractivity contribution in [2.24, 2.45) is 11.5 Å². The highest BCUT2D eigenvalue weighted by Crippen LogP contribution is 1.97. The van der Waals surface area contributed by atoms with Gasteiger partial charge in [0, 0.05) is 51.0 Å². The maximum Gasteiger partial charge on any atom is 0.0416 e. The molecule has 0 amide bonds. The molecule has 0 bridgehead atoms. The molecule has 0 radical (unpaired) electrons. The van der Waals surface area contributed by atoms with Crippen LogP contribution in [0.15, 0.2) is 24.4 Å². The van der Waals surface area contributed by atoms with Gasteiger partial charge in [0.25, 0.3) is 0 Å². The molecule has 1 aromatic rings. The van der Waals surface area contributed by atoms with Crippen molar-refractivity contribution in [3.8, 4) is 0 Å². The van der Waals surface area contributed by atoms with Gasteiger partial charge >= 0.3 is 0 Å². The van der Waals surface area contributed by atoms with Gasteiger partial charge in [-0.1, -0.05) is 6.07 Å². The van der Waals surface area contributed by atoms with Gasteiger partial charge in [-0.25, -0.2) is 0 Å². The smallest absolute Gasteiger partial charge is 0.0416 e. The first-order valence-corrected chi connectivity index (χ1v) is 5.39. The average molecular weight is 208 g/mol. The fourth-order valence-electron chi connectivity index (χ4n) is 1.52. The molecule has 0 unspecified atom stereocenters. The van der Waals surface area contributed by atoms with E-state index in [0.717, 1.165) is 31.7 Å². The third-order valence-corrected chi connectivity index (χ3v) is 2.30. The summed E-state index contributed by atoms with van der Waals surface area (Å²) in [6, 6.07) is 5.99. The predicted molar refractivity (Wildman–Crippen MR) is 62.5 cm³/mol. The minimum Gasteiger partial charge on any atom is -0.329 e. The normalized spacial score (nSPS) is 10.9. The van der Waals surface area contributed by atoms with Crippen LogP contribution >= 0.6 is 0 Å². The van der Waals surface area contributed by atoms with Crippen LogP contribution in [0.2, 0.25) is 0 Å². The second-order valence-corrected chi connectivity index (χ2v) is 3.49. The summed E-state index contributed by atoms with van der Waals surface area (Å²) in [6.45, 7) is 4.16. The van der Waals surface area contributed by atoms with E-state index in [4.69, 9.17) is 11.5 Å². The van der Waals surface area contributed by atoms with E-state index in [9.17, 15) is 0 Å². The van der Waals surface area contributed by atoms with Gasteiger partial charge in [0.2, 0.25) is 0 Å². The number of pyridine rings is 1. The van der Waals surface area contributed by atoms with Crippen molar-refractivity contribution in [2.45, 2.75) is 6.42 Å². The van der Waals surface area contributed by atoms with Crippen LogP contribution < -0.4 is 11.5 Å². The molecule has 0 aliphatic rings. The molecule has 1 heterocycles. The summed E-state index contributed by atoms with van der Waals surface area (Å²) in [5.41, 5.74) is 12.2. The molecule has 0 aromatic carbocycles. The Morgan fingerprint density at radius 2 is 1.80 bits per heavy atom. The third-order valence-electron chi connectivity index (χ3n) is 2.30. The quantitative estimate of drug-likeness (QED) is 0.653. The van der Waals surface area contributed by atoms with E-state index in [-0.39, 0.29) is 0 Å². The molecule has 0 saturated carbocycles. The summed E-state index contributed by atoms with van der Waals surface area (Å²) in [4.78, 5) is 6.55. The van der Waals surface area contributed by atoms with Crippen molar-refractivity contribution >= 4 is 0 Å². The Bertz CT molecular complexity index is 244. The van der Waals surface area contributed by atoms with Crippen LogP contribution in [0.4, 0.5) is 0 Å². The van der Waals surface area contributed by atoms with E-state index < -0.39 is 0 Å². The van der Waals surface area contributed by atoms with E-state index in [1.807, 2.05) is 24.4 Å². The largest absolute Gasteiger partial charge is 0.329 e. The van der Waals surface area contributed by atoms with Crippen molar-refractivity contribution in [3.63, 3.8) is 0 Å². The van der Waals surface area contributed by atoms with Crippen molar-refractivity contribution in [3.05, 3.63) is 30.1 Å². The first-order valence-electron chi connectivity index (χ1n) is 5.39. The monoisotopic (exact) mass is 208 g/mol. The number of hydrogen-bond acceptors (Lipinski definition) is 4. The molecule has 0 spiro atoms. The minimum atomic E-state index is 0.683. The summed E-state index contributed by atoms with van der Waals surface area (Å²) < 4.78 is 0. The van der Waals surface area contributed by atoms with Crippen molar-refractivity contribution in [1.29, 1.82) is 0 Å². The Balaban J connectivity index is 2.33. The van der Waals surface area contributed by atoms with Gasteiger partial charge in [-0.15, -0.1) is 0 Å². The Hall–Kier alpha value is -0.970. The lowest BCUT2D eigenvalue weighted by Gasteiger charge is -2.20. The van der Waals surface area contributed by atoms with E-state index >= 15 is 0 Å². The Morgan fingerprint density at radius 1 is 1.07 bits per heavy atom. The summed E-state index contributed by atoms with van der Waals surface area (Å²) in [5, 5.41) is 0. The molecule has 0 aliphatic carbocycles. The summed E-state index contributed by atoms with van der Waals surface area (Å²) in [5.74, 6) is 0. The second kappa shape index (κ2) is 7.34. The zero-order chi connectivity index (χ0) is 10.9. The fourth-order valence-corrected chi connectivity index (χ4v) is 1.52. The molecule has 1 rings (SSSR count). The summed E-state index contributed by atoms with van der Waals surface area (Å²) >= 11 is 0. The Morgan fingerprint density at radius 3 is 2.33 bits per heavy atom. The number of nitrogens with zero attached hydrogens (tertiary/aromatic N) is 2. The molecule has 4 heteroatoms. The van der Waals surface area contributed by atoms with Crippen LogP contribution in [-0.2, 0) is 6.42 Å². The topological polar surface area (TPSA) is 68.2 Å². The number of nitrogens with two attached hydrogens (primary N) is 2. The van der Waals surface area contributed by atoms with E-state index in [1.54, 1.807) is 0 Å². The van der Waals surface area contributed by atoms with Gasteiger partial charge in [0.1, 0.15) is 0 Å². The number of hydrogen-bond donors (Lipinski definition) is 2. The van der Waals surface area contributed by atoms with Gasteiger partial charge < -0.3 is 16.4 Å². The highest BCUT2D eigenvalue weighted by atomic mass is 15.1. The van der Waals surface area contributed by atoms with Gasteiger partial charge in [-0.2, -0.15) is 0 Å². The number of aromatic nitrogens is 1. The predicted octanol–water partition coefficient (Wildman–Crippen LogP) is -0.156. The lowest BCUT2D eigenvalue weighted by atomic mass is 10.2. The van der Waals surface area contributed by atoms with E-state index in [0.29, 0.717) is 13.1 Å². The van der Waals surface area contributed by atoms with Crippen molar-refractivity contribution in [2.75, 3.05) is 32.7 Å². The standard InChI is InChI=1S/C11H20N4/c12-5-9-15(10-6-13)8-4-11-3-1-2-7-14-11/h1-3,7H,4-6,8-10,12-13H2. The molecule has 4 nitrogen and oxygen atoms in total. The number of rotatable bonds is 7. The molecular formula is C11H20N4. The van der Waals surface area contributed by atoms with Crippen LogP contribution in [-0.4, -0.2) is 42.6 Å². The Kier molecular flexibility index (Phi) is 5.92. The van der Waals surface area contributed by atoms with Crippen molar-refractivity contribution < 1.29 is 0 Å². The minimum absolute atomic E-state index is 0.683. The molecule has 15 heavy (non-hydrogen) atoms. The maximum atomic E-state index is 5.53. The molecule has 4 N–H and O–H groups in total. The van der Waals surface area contributed by atoms with Crippen molar-refractivity contribution in [1.82, 2.24) is 9.88 Å². The lowest BCUT2D eigenvalue weighted by molar-refractivity contribution is 0.291. The highest BCUT2D eigenvalue weighted by molar-refractivity contribution is 5.03. The van der Waals surface area contributed by atoms with Gasteiger partial charge in [0.15, 0.2) is 0 Å². The van der Waals surface area contributed by atoms with Gasteiger partial charge in [0.05, 0.1) is 0 Å². The Labute approximate surface area is 91.3 Å². The first-order chi connectivity index (χ1) is 7.36. The first kappa shape index (κ1) is 12.1. The highest BCUT2D eigenvalue weighted by Gasteiger charge is 2.03. The second-order valence-electron chi connectivity index (χ2n) is 3.49. The molecule has 0 saturated heterocycles. The molecule has 0 atom stereocenters. The molecule has 84 valence electrons.